The van der Waals surface area contributed by atoms with Crippen LogP contribution < -0.4 is 0 Å². The number of pyridine rings is 1. The minimum Gasteiger partial charge on any atom is -0.458 e. The minimum absolute atomic E-state index is 0.0918. The number of hydrogen-bond acceptors (Lipinski definition) is 10. The zero-order valence-corrected chi connectivity index (χ0v) is 25.6. The van der Waals surface area contributed by atoms with Crippen LogP contribution in [0.2, 0.25) is 0 Å². The van der Waals surface area contributed by atoms with E-state index >= 15 is 0 Å². The Morgan fingerprint density at radius 1 is 0.778 bits per heavy atom. The molecule has 6 rings (SSSR count). The van der Waals surface area contributed by atoms with E-state index in [9.17, 15) is 24.6 Å². The molecule has 1 aromatic heterocycles. The van der Waals surface area contributed by atoms with Crippen molar-refractivity contribution in [3.05, 3.63) is 102 Å². The summed E-state index contributed by atoms with van der Waals surface area (Å²) in [6.07, 6.45) is -1.95. The summed E-state index contributed by atoms with van der Waals surface area (Å²) in [7, 11) is 0. The second-order valence-electron chi connectivity index (χ2n) is 13.1. The van der Waals surface area contributed by atoms with Crippen LogP contribution >= 0.6 is 0 Å². The molecule has 1 aliphatic heterocycles. The molecule has 2 aromatic carbocycles. The molecule has 1 saturated heterocycles. The Morgan fingerprint density at radius 3 is 1.89 bits per heavy atom. The van der Waals surface area contributed by atoms with Crippen molar-refractivity contribution in [3.8, 4) is 0 Å². The van der Waals surface area contributed by atoms with E-state index in [2.05, 4.69) is 4.98 Å². The summed E-state index contributed by atoms with van der Waals surface area (Å²) < 4.78 is 25.4. The van der Waals surface area contributed by atoms with Crippen LogP contribution in [-0.2, 0) is 18.9 Å². The van der Waals surface area contributed by atoms with E-state index in [4.69, 9.17) is 18.9 Å². The highest BCUT2D eigenvalue weighted by molar-refractivity contribution is 5.90. The molecular formula is C35H37NO9. The molecule has 10 nitrogen and oxygen atoms in total. The number of carbonyl (C=O) groups is 3. The molecule has 0 radical (unpaired) electrons. The van der Waals surface area contributed by atoms with Crippen molar-refractivity contribution in [1.82, 2.24) is 4.98 Å². The van der Waals surface area contributed by atoms with Crippen LogP contribution in [0.3, 0.4) is 0 Å². The molecule has 2 bridgehead atoms. The third-order valence-corrected chi connectivity index (χ3v) is 10.0. The number of hydrogen-bond donors (Lipinski definition) is 2. The predicted octanol–water partition coefficient (Wildman–Crippen LogP) is 4.15. The third kappa shape index (κ3) is 4.74. The number of aliphatic hydroxyl groups is 2. The summed E-state index contributed by atoms with van der Waals surface area (Å²) in [5.41, 5.74) is -5.58. The molecule has 2 N–H and O–H groups in total. The van der Waals surface area contributed by atoms with Crippen LogP contribution in [0.4, 0.5) is 0 Å². The molecule has 10 heteroatoms. The lowest BCUT2D eigenvalue weighted by Gasteiger charge is -2.64. The van der Waals surface area contributed by atoms with Gasteiger partial charge in [-0.2, -0.15) is 0 Å². The molecule has 3 aromatic rings. The number of nitrogens with zero attached hydrogens (tertiary/aromatic N) is 1. The van der Waals surface area contributed by atoms with E-state index < -0.39 is 70.5 Å². The van der Waals surface area contributed by atoms with Gasteiger partial charge in [-0.25, -0.2) is 14.4 Å². The summed E-state index contributed by atoms with van der Waals surface area (Å²) in [5.74, 6) is -3.02. The number of benzene rings is 2. The Labute approximate surface area is 261 Å². The van der Waals surface area contributed by atoms with Crippen LogP contribution in [0.1, 0.15) is 71.6 Å². The molecule has 3 fully saturated rings. The van der Waals surface area contributed by atoms with Gasteiger partial charge in [-0.1, -0.05) is 36.4 Å². The van der Waals surface area contributed by atoms with Crippen molar-refractivity contribution < 1.29 is 43.5 Å². The van der Waals surface area contributed by atoms with E-state index in [-0.39, 0.29) is 24.0 Å². The van der Waals surface area contributed by atoms with Gasteiger partial charge in [0.25, 0.3) is 0 Å². The average Bonchev–Trinajstić information content (AvgIpc) is 3.25. The van der Waals surface area contributed by atoms with Crippen molar-refractivity contribution in [2.75, 3.05) is 0 Å². The van der Waals surface area contributed by atoms with Crippen molar-refractivity contribution in [2.24, 2.45) is 11.3 Å². The fourth-order valence-corrected chi connectivity index (χ4v) is 7.96. The molecule has 0 amide bonds. The lowest BCUT2D eigenvalue weighted by molar-refractivity contribution is -0.333. The molecule has 2 aliphatic carbocycles. The van der Waals surface area contributed by atoms with E-state index in [1.54, 1.807) is 100 Å². The van der Waals surface area contributed by atoms with Gasteiger partial charge in [-0.15, -0.1) is 0 Å². The molecule has 236 valence electrons. The van der Waals surface area contributed by atoms with Gasteiger partial charge in [0.1, 0.15) is 30.0 Å². The number of esters is 3. The first-order chi connectivity index (χ1) is 21.3. The summed E-state index contributed by atoms with van der Waals surface area (Å²) in [6, 6.07) is 19.9. The molecule has 1 spiro atoms. The number of aromatic nitrogens is 1. The van der Waals surface area contributed by atoms with Crippen LogP contribution in [0.15, 0.2) is 85.2 Å². The van der Waals surface area contributed by atoms with Crippen molar-refractivity contribution in [2.45, 2.75) is 81.8 Å². The fraction of sp³-hybridized carbons (Fsp3) is 0.429. The summed E-state index contributed by atoms with van der Waals surface area (Å²) in [6.45, 7) is 6.71. The summed E-state index contributed by atoms with van der Waals surface area (Å²) >= 11 is 0. The number of carbonyl (C=O) groups excluding carboxylic acids is 3. The Kier molecular flexibility index (Phi) is 7.58. The second-order valence-corrected chi connectivity index (χ2v) is 13.1. The lowest BCUT2D eigenvalue weighted by Crippen LogP contribution is -2.81. The molecule has 8 atom stereocenters. The quantitative estimate of drug-likeness (QED) is 0.307. The first-order valence-corrected chi connectivity index (χ1v) is 15.1. The van der Waals surface area contributed by atoms with Crippen molar-refractivity contribution in [1.29, 1.82) is 0 Å². The SMILES string of the molecule is CC1(C)O[C@]23[C@H](OC(=O)c4cccnc4)[C@H]1[C@H](O)[C@@H](OC(=O)c1ccccc1)[C@]2(C)[C@@H](OC(=O)c1ccccc1)CC[C@]3(C)O. The van der Waals surface area contributed by atoms with Crippen LogP contribution in [0.25, 0.3) is 0 Å². The first kappa shape index (κ1) is 30.9. The third-order valence-electron chi connectivity index (χ3n) is 10.0. The van der Waals surface area contributed by atoms with Gasteiger partial charge in [0.15, 0.2) is 0 Å². The van der Waals surface area contributed by atoms with Gasteiger partial charge in [-0.05, 0) is 76.9 Å². The van der Waals surface area contributed by atoms with Gasteiger partial charge < -0.3 is 29.2 Å². The minimum atomic E-state index is -1.80. The molecule has 45 heavy (non-hydrogen) atoms. The molecule has 3 aliphatic rings. The second kappa shape index (κ2) is 11.0. The highest BCUT2D eigenvalue weighted by Crippen LogP contribution is 2.68. The zero-order chi connectivity index (χ0) is 32.2. The Balaban J connectivity index is 1.51. The maximum atomic E-state index is 13.6. The summed E-state index contributed by atoms with van der Waals surface area (Å²) in [5, 5.41) is 24.5. The molecule has 2 saturated carbocycles. The Morgan fingerprint density at radius 2 is 1.31 bits per heavy atom. The standard InChI is InChI=1S/C35H37NO9/c1-32(2)25-26(37)28(44-30(39)22-14-9-6-10-15-22)34(4)24(42-29(38)21-12-7-5-8-13-21)17-18-33(3,41)35(34,45-32)27(25)43-31(40)23-16-11-19-36-20-23/h5-16,19-20,24-28,37,41H,17-18H2,1-4H3/t24-,25+,26-,27+,28+,33-,34-,35-/m0/s1. The first-order valence-electron chi connectivity index (χ1n) is 15.1. The van der Waals surface area contributed by atoms with Crippen LogP contribution in [0.5, 0.6) is 0 Å². The highest BCUT2D eigenvalue weighted by Gasteiger charge is 2.85. The van der Waals surface area contributed by atoms with Gasteiger partial charge in [0.05, 0.1) is 39.2 Å². The van der Waals surface area contributed by atoms with Crippen molar-refractivity contribution in [3.63, 3.8) is 0 Å². The van der Waals surface area contributed by atoms with Gasteiger partial charge in [0, 0.05) is 12.4 Å². The van der Waals surface area contributed by atoms with Crippen molar-refractivity contribution >= 4 is 17.9 Å². The smallest absolute Gasteiger partial charge is 0.340 e. The maximum absolute atomic E-state index is 13.6. The Bertz CT molecular complexity index is 1580. The fourth-order valence-electron chi connectivity index (χ4n) is 7.96. The van der Waals surface area contributed by atoms with E-state index in [0.717, 1.165) is 0 Å². The molecular weight excluding hydrogens is 578 g/mol. The zero-order valence-electron chi connectivity index (χ0n) is 25.6. The number of ether oxygens (including phenoxy) is 4. The predicted molar refractivity (Wildman–Crippen MR) is 160 cm³/mol. The van der Waals surface area contributed by atoms with Crippen LogP contribution in [-0.4, -0.2) is 74.3 Å². The number of aliphatic hydroxyl groups excluding tert-OH is 1. The maximum Gasteiger partial charge on any atom is 0.340 e. The number of fused-ring (bicyclic) bond motifs is 1. The van der Waals surface area contributed by atoms with Crippen LogP contribution in [0, 0.1) is 11.3 Å². The normalized spacial score (nSPS) is 34.7. The van der Waals surface area contributed by atoms with Gasteiger partial charge in [-0.3, -0.25) is 4.98 Å². The lowest BCUT2D eigenvalue weighted by atomic mass is 9.47. The highest BCUT2D eigenvalue weighted by atomic mass is 16.6. The van der Waals surface area contributed by atoms with E-state index in [1.807, 2.05) is 0 Å². The largest absolute Gasteiger partial charge is 0.458 e. The van der Waals surface area contributed by atoms with E-state index in [0.29, 0.717) is 5.56 Å². The van der Waals surface area contributed by atoms with E-state index in [1.165, 1.54) is 12.4 Å². The molecule has 0 unspecified atom stereocenters. The monoisotopic (exact) mass is 615 g/mol. The summed E-state index contributed by atoms with van der Waals surface area (Å²) in [4.78, 5) is 44.7. The topological polar surface area (TPSA) is 141 Å². The van der Waals surface area contributed by atoms with Gasteiger partial charge >= 0.3 is 17.9 Å². The van der Waals surface area contributed by atoms with Gasteiger partial charge in [0.2, 0.25) is 0 Å². The molecule has 2 heterocycles. The number of rotatable bonds is 6. The Hall–Kier alpha value is -4.12. The average molecular weight is 616 g/mol.